The number of hydrogen-bond donors (Lipinski definition) is 2. The first-order valence-electron chi connectivity index (χ1n) is 6.94. The van der Waals surface area contributed by atoms with Crippen LogP contribution in [0.3, 0.4) is 0 Å². The van der Waals surface area contributed by atoms with E-state index < -0.39 is 35.6 Å². The number of benzene rings is 1. The van der Waals surface area contributed by atoms with Crippen molar-refractivity contribution in [2.45, 2.75) is 12.5 Å². The summed E-state index contributed by atoms with van der Waals surface area (Å²) in [6.45, 7) is -0.0220. The summed E-state index contributed by atoms with van der Waals surface area (Å²) in [5.74, 6) is -2.23. The van der Waals surface area contributed by atoms with E-state index in [9.17, 15) is 18.4 Å². The monoisotopic (exact) mass is 330 g/mol. The summed E-state index contributed by atoms with van der Waals surface area (Å²) < 4.78 is 31.9. The Hall–Kier alpha value is -2.58. The Balaban J connectivity index is 1.98. The van der Waals surface area contributed by atoms with Gasteiger partial charge in [-0.3, -0.25) is 0 Å². The predicted molar refractivity (Wildman–Crippen MR) is 74.6 cm³/mol. The number of rotatable bonds is 4. The molecule has 2 N–H and O–H groups in total. The summed E-state index contributed by atoms with van der Waals surface area (Å²) in [5.41, 5.74) is 0. The lowest BCUT2D eigenvalue weighted by Gasteiger charge is -2.38. The number of nitrogens with zero attached hydrogens (tertiary/aromatic N) is 2. The van der Waals surface area contributed by atoms with Crippen molar-refractivity contribution >= 4 is 12.2 Å². The highest BCUT2D eigenvalue weighted by atomic mass is 19.1. The quantitative estimate of drug-likeness (QED) is 0.882. The van der Waals surface area contributed by atoms with Crippen LogP contribution >= 0.6 is 0 Å². The van der Waals surface area contributed by atoms with E-state index in [1.807, 2.05) is 0 Å². The van der Waals surface area contributed by atoms with Crippen molar-refractivity contribution in [3.63, 3.8) is 0 Å². The van der Waals surface area contributed by atoms with Crippen LogP contribution in [0.25, 0.3) is 0 Å². The van der Waals surface area contributed by atoms with Crippen LogP contribution < -0.4 is 4.74 Å². The maximum absolute atomic E-state index is 13.4. The van der Waals surface area contributed by atoms with Gasteiger partial charge in [0.2, 0.25) is 0 Å². The molecule has 0 aliphatic carbocycles. The third kappa shape index (κ3) is 3.99. The first kappa shape index (κ1) is 16.8. The third-order valence-corrected chi connectivity index (χ3v) is 3.62. The molecule has 23 heavy (non-hydrogen) atoms. The number of halogens is 2. The van der Waals surface area contributed by atoms with E-state index in [0.717, 1.165) is 21.9 Å². The van der Waals surface area contributed by atoms with Gasteiger partial charge in [0.1, 0.15) is 0 Å². The first-order valence-corrected chi connectivity index (χ1v) is 6.94. The SMILES string of the molecule is O=C(O)N1CCN(C(=O)O)[C@H](CCOc2c(F)cccc2F)C1. The molecule has 126 valence electrons. The van der Waals surface area contributed by atoms with Crippen LogP contribution in [0.15, 0.2) is 18.2 Å². The van der Waals surface area contributed by atoms with Crippen LogP contribution in [-0.2, 0) is 0 Å². The minimum atomic E-state index is -1.17. The summed E-state index contributed by atoms with van der Waals surface area (Å²) >= 11 is 0. The highest BCUT2D eigenvalue weighted by molar-refractivity contribution is 5.68. The minimum absolute atomic E-state index is 0.00918. The van der Waals surface area contributed by atoms with Gasteiger partial charge in [0.05, 0.1) is 12.6 Å². The number of ether oxygens (including phenoxy) is 1. The second kappa shape index (κ2) is 7.12. The summed E-state index contributed by atoms with van der Waals surface area (Å²) in [6.07, 6.45) is -2.19. The maximum Gasteiger partial charge on any atom is 0.407 e. The standard InChI is InChI=1S/C14H16F2N2O5/c15-10-2-1-3-11(16)12(10)23-7-4-9-8-17(13(19)20)5-6-18(9)14(21)22/h1-3,9H,4-8H2,(H,19,20)(H,21,22)/t9-/m1/s1. The molecule has 0 saturated carbocycles. The summed E-state index contributed by atoms with van der Waals surface area (Å²) in [4.78, 5) is 24.4. The van der Waals surface area contributed by atoms with Crippen LogP contribution in [0.4, 0.5) is 18.4 Å². The lowest BCUT2D eigenvalue weighted by Crippen LogP contribution is -2.56. The Labute approximate surface area is 130 Å². The van der Waals surface area contributed by atoms with Crippen LogP contribution in [0.5, 0.6) is 5.75 Å². The summed E-state index contributed by atoms with van der Waals surface area (Å²) in [5, 5.41) is 18.1. The number of carboxylic acid groups (broad SMARTS) is 2. The Morgan fingerprint density at radius 1 is 1.17 bits per heavy atom. The topological polar surface area (TPSA) is 90.3 Å². The first-order chi connectivity index (χ1) is 10.9. The van der Waals surface area contributed by atoms with Crippen LogP contribution in [0, 0.1) is 11.6 Å². The molecule has 1 aromatic carbocycles. The van der Waals surface area contributed by atoms with Gasteiger partial charge in [-0.2, -0.15) is 0 Å². The van der Waals surface area contributed by atoms with Gasteiger partial charge < -0.3 is 24.7 Å². The highest BCUT2D eigenvalue weighted by Gasteiger charge is 2.32. The van der Waals surface area contributed by atoms with Gasteiger partial charge >= 0.3 is 12.2 Å². The average molecular weight is 330 g/mol. The summed E-state index contributed by atoms with van der Waals surface area (Å²) in [6, 6.07) is 2.67. The lowest BCUT2D eigenvalue weighted by atomic mass is 10.1. The zero-order chi connectivity index (χ0) is 17.0. The zero-order valence-corrected chi connectivity index (χ0v) is 12.1. The van der Waals surface area contributed by atoms with Crippen molar-refractivity contribution in [1.82, 2.24) is 9.80 Å². The van der Waals surface area contributed by atoms with Crippen molar-refractivity contribution in [3.05, 3.63) is 29.8 Å². The van der Waals surface area contributed by atoms with Gasteiger partial charge in [-0.05, 0) is 12.1 Å². The average Bonchev–Trinajstić information content (AvgIpc) is 2.49. The number of amides is 2. The van der Waals surface area contributed by atoms with Gasteiger partial charge in [-0.15, -0.1) is 0 Å². The molecule has 0 unspecified atom stereocenters. The molecule has 1 aliphatic rings. The molecule has 0 spiro atoms. The number of para-hydroxylation sites is 1. The van der Waals surface area contributed by atoms with E-state index in [-0.39, 0.29) is 32.7 Å². The highest BCUT2D eigenvalue weighted by Crippen LogP contribution is 2.22. The van der Waals surface area contributed by atoms with Gasteiger partial charge in [0, 0.05) is 26.1 Å². The Morgan fingerprint density at radius 2 is 1.83 bits per heavy atom. The van der Waals surface area contributed by atoms with E-state index in [4.69, 9.17) is 14.9 Å². The fourth-order valence-corrected chi connectivity index (χ4v) is 2.45. The van der Waals surface area contributed by atoms with Crippen molar-refractivity contribution in [2.24, 2.45) is 0 Å². The van der Waals surface area contributed by atoms with E-state index >= 15 is 0 Å². The Morgan fingerprint density at radius 3 is 2.39 bits per heavy atom. The molecule has 1 heterocycles. The van der Waals surface area contributed by atoms with Gasteiger partial charge in [-0.25, -0.2) is 18.4 Å². The zero-order valence-electron chi connectivity index (χ0n) is 12.1. The van der Waals surface area contributed by atoms with Crippen LogP contribution in [-0.4, -0.2) is 64.5 Å². The van der Waals surface area contributed by atoms with Crippen molar-refractivity contribution < 1.29 is 33.3 Å². The van der Waals surface area contributed by atoms with Gasteiger partial charge in [-0.1, -0.05) is 6.07 Å². The van der Waals surface area contributed by atoms with E-state index in [1.165, 1.54) is 6.07 Å². The molecule has 0 bridgehead atoms. The fourth-order valence-electron chi connectivity index (χ4n) is 2.45. The molecule has 1 saturated heterocycles. The molecular weight excluding hydrogens is 314 g/mol. The van der Waals surface area contributed by atoms with Crippen molar-refractivity contribution in [3.8, 4) is 5.75 Å². The van der Waals surface area contributed by atoms with Crippen LogP contribution in [0.1, 0.15) is 6.42 Å². The molecular formula is C14H16F2N2O5. The Bertz CT molecular complexity index is 578. The molecule has 1 aromatic rings. The molecule has 0 aromatic heterocycles. The smallest absolute Gasteiger partial charge is 0.407 e. The van der Waals surface area contributed by atoms with Gasteiger partial charge in [0.25, 0.3) is 0 Å². The molecule has 7 nitrogen and oxygen atoms in total. The van der Waals surface area contributed by atoms with E-state index in [1.54, 1.807) is 0 Å². The second-order valence-electron chi connectivity index (χ2n) is 5.05. The molecule has 1 aliphatic heterocycles. The third-order valence-electron chi connectivity index (χ3n) is 3.62. The van der Waals surface area contributed by atoms with E-state index in [2.05, 4.69) is 0 Å². The number of carbonyl (C=O) groups is 2. The molecule has 9 heteroatoms. The molecule has 1 fully saturated rings. The number of hydrogen-bond acceptors (Lipinski definition) is 3. The largest absolute Gasteiger partial charge is 0.488 e. The van der Waals surface area contributed by atoms with Gasteiger partial charge in [0.15, 0.2) is 17.4 Å². The number of piperazine rings is 1. The van der Waals surface area contributed by atoms with Crippen molar-refractivity contribution in [1.29, 1.82) is 0 Å². The molecule has 2 rings (SSSR count). The lowest BCUT2D eigenvalue weighted by molar-refractivity contribution is 0.0558. The molecule has 2 amide bonds. The predicted octanol–water partition coefficient (Wildman–Crippen LogP) is 2.08. The maximum atomic E-state index is 13.4. The fraction of sp³-hybridized carbons (Fsp3) is 0.429. The van der Waals surface area contributed by atoms with E-state index in [0.29, 0.717) is 0 Å². The summed E-state index contributed by atoms with van der Waals surface area (Å²) in [7, 11) is 0. The molecule has 0 radical (unpaired) electrons. The van der Waals surface area contributed by atoms with Crippen molar-refractivity contribution in [2.75, 3.05) is 26.2 Å². The normalized spacial score (nSPS) is 17.9. The second-order valence-corrected chi connectivity index (χ2v) is 5.05. The molecule has 1 atom stereocenters. The Kier molecular flexibility index (Phi) is 5.20. The van der Waals surface area contributed by atoms with Crippen LogP contribution in [0.2, 0.25) is 0 Å². The minimum Gasteiger partial charge on any atom is -0.488 e.